The Morgan fingerprint density at radius 2 is 2.00 bits per heavy atom. The van der Waals surface area contributed by atoms with Gasteiger partial charge in [-0.1, -0.05) is 27.2 Å². The minimum Gasteiger partial charge on any atom is -0.313 e. The molecule has 2 atom stereocenters. The fraction of sp³-hybridized carbons (Fsp3) is 1.00. The summed E-state index contributed by atoms with van der Waals surface area (Å²) in [6.45, 7) is 10.9. The zero-order valence-corrected chi connectivity index (χ0v) is 12.6. The zero-order valence-electron chi connectivity index (χ0n) is 12.6. The minimum absolute atomic E-state index is 0.761. The van der Waals surface area contributed by atoms with Crippen LogP contribution in [0.3, 0.4) is 0 Å². The fourth-order valence-electron chi connectivity index (χ4n) is 3.17. The Hall–Kier alpha value is -0.0800. The van der Waals surface area contributed by atoms with Crippen molar-refractivity contribution in [1.29, 1.82) is 0 Å². The van der Waals surface area contributed by atoms with Crippen molar-refractivity contribution in [2.45, 2.75) is 71.4 Å². The average Bonchev–Trinajstić information content (AvgIpc) is 3.18. The molecule has 0 bridgehead atoms. The predicted molar refractivity (Wildman–Crippen MR) is 78.9 cm³/mol. The summed E-state index contributed by atoms with van der Waals surface area (Å²) in [7, 11) is 0. The molecule has 2 aliphatic rings. The highest BCUT2D eigenvalue weighted by molar-refractivity contribution is 4.89. The van der Waals surface area contributed by atoms with Crippen molar-refractivity contribution in [1.82, 2.24) is 10.2 Å². The highest BCUT2D eigenvalue weighted by atomic mass is 15.2. The van der Waals surface area contributed by atoms with Gasteiger partial charge in [0.05, 0.1) is 0 Å². The number of piperidine rings is 1. The second kappa shape index (κ2) is 6.91. The molecule has 0 spiro atoms. The maximum atomic E-state index is 3.74. The summed E-state index contributed by atoms with van der Waals surface area (Å²) in [6.07, 6.45) is 8.42. The molecule has 0 amide bonds. The lowest BCUT2D eigenvalue weighted by Crippen LogP contribution is -2.46. The first kappa shape index (κ1) is 14.3. The number of rotatable bonds is 7. The van der Waals surface area contributed by atoms with Crippen LogP contribution in [0, 0.1) is 11.8 Å². The summed E-state index contributed by atoms with van der Waals surface area (Å²) < 4.78 is 0. The number of hydrogen-bond acceptors (Lipinski definition) is 2. The van der Waals surface area contributed by atoms with Crippen molar-refractivity contribution in [3.05, 3.63) is 0 Å². The van der Waals surface area contributed by atoms with E-state index in [2.05, 4.69) is 31.0 Å². The second-order valence-corrected chi connectivity index (χ2v) is 6.86. The van der Waals surface area contributed by atoms with E-state index >= 15 is 0 Å². The maximum Gasteiger partial charge on any atom is 0.0197 e. The molecule has 0 aromatic carbocycles. The lowest BCUT2D eigenvalue weighted by atomic mass is 9.90. The summed E-state index contributed by atoms with van der Waals surface area (Å²) in [5, 5.41) is 3.74. The highest BCUT2D eigenvalue weighted by Gasteiger charge is 2.31. The molecule has 0 aromatic heterocycles. The van der Waals surface area contributed by atoms with Gasteiger partial charge in [0, 0.05) is 18.6 Å². The minimum atomic E-state index is 0.761. The molecule has 2 rings (SSSR count). The van der Waals surface area contributed by atoms with Crippen LogP contribution in [-0.4, -0.2) is 36.6 Å². The molecular weight excluding hydrogens is 220 g/mol. The Morgan fingerprint density at radius 1 is 1.22 bits per heavy atom. The Morgan fingerprint density at radius 3 is 2.61 bits per heavy atom. The van der Waals surface area contributed by atoms with Crippen LogP contribution in [0.1, 0.15) is 59.3 Å². The molecule has 1 aliphatic heterocycles. The van der Waals surface area contributed by atoms with Gasteiger partial charge in [0.15, 0.2) is 0 Å². The van der Waals surface area contributed by atoms with Gasteiger partial charge >= 0.3 is 0 Å². The van der Waals surface area contributed by atoms with Gasteiger partial charge in [0.1, 0.15) is 0 Å². The summed E-state index contributed by atoms with van der Waals surface area (Å²) in [6, 6.07) is 1.68. The summed E-state index contributed by atoms with van der Waals surface area (Å²) in [5.41, 5.74) is 0. The van der Waals surface area contributed by atoms with Crippen molar-refractivity contribution in [2.75, 3.05) is 19.6 Å². The smallest absolute Gasteiger partial charge is 0.0197 e. The standard InChI is InChI=1S/C16H32N2/c1-4-14-7-9-17-15(11-14)12-18(16-5-6-16)10-8-13(2)3/h13-17H,4-12H2,1-3H3. The van der Waals surface area contributed by atoms with Gasteiger partial charge in [0.25, 0.3) is 0 Å². The third-order valence-corrected chi connectivity index (χ3v) is 4.69. The van der Waals surface area contributed by atoms with E-state index in [1.807, 2.05) is 0 Å². The van der Waals surface area contributed by atoms with E-state index in [0.29, 0.717) is 0 Å². The topological polar surface area (TPSA) is 15.3 Å². The van der Waals surface area contributed by atoms with E-state index in [-0.39, 0.29) is 0 Å². The monoisotopic (exact) mass is 252 g/mol. The summed E-state index contributed by atoms with van der Waals surface area (Å²) in [5.74, 6) is 1.82. The number of nitrogens with zero attached hydrogens (tertiary/aromatic N) is 1. The Balaban J connectivity index is 1.76. The van der Waals surface area contributed by atoms with E-state index in [4.69, 9.17) is 0 Å². The van der Waals surface area contributed by atoms with Crippen molar-refractivity contribution in [3.8, 4) is 0 Å². The van der Waals surface area contributed by atoms with E-state index in [0.717, 1.165) is 23.9 Å². The van der Waals surface area contributed by atoms with Crippen molar-refractivity contribution in [3.63, 3.8) is 0 Å². The molecule has 1 saturated carbocycles. The van der Waals surface area contributed by atoms with E-state index in [1.165, 1.54) is 58.2 Å². The van der Waals surface area contributed by atoms with E-state index in [9.17, 15) is 0 Å². The normalized spacial score (nSPS) is 29.2. The molecule has 1 aliphatic carbocycles. The van der Waals surface area contributed by atoms with Crippen LogP contribution < -0.4 is 5.32 Å². The van der Waals surface area contributed by atoms with Gasteiger partial charge < -0.3 is 5.32 Å². The van der Waals surface area contributed by atoms with Gasteiger partial charge in [-0.15, -0.1) is 0 Å². The van der Waals surface area contributed by atoms with Crippen LogP contribution in [0.4, 0.5) is 0 Å². The third-order valence-electron chi connectivity index (χ3n) is 4.69. The molecule has 106 valence electrons. The molecular formula is C16H32N2. The number of nitrogens with one attached hydrogen (secondary N) is 1. The first-order valence-electron chi connectivity index (χ1n) is 8.16. The van der Waals surface area contributed by atoms with Crippen LogP contribution in [0.15, 0.2) is 0 Å². The van der Waals surface area contributed by atoms with Crippen molar-refractivity contribution in [2.24, 2.45) is 11.8 Å². The van der Waals surface area contributed by atoms with Crippen LogP contribution in [0.2, 0.25) is 0 Å². The lowest BCUT2D eigenvalue weighted by molar-refractivity contribution is 0.185. The van der Waals surface area contributed by atoms with Gasteiger partial charge in [-0.3, -0.25) is 4.90 Å². The Labute approximate surface area is 114 Å². The summed E-state index contributed by atoms with van der Waals surface area (Å²) in [4.78, 5) is 2.77. The average molecular weight is 252 g/mol. The molecule has 18 heavy (non-hydrogen) atoms. The second-order valence-electron chi connectivity index (χ2n) is 6.86. The van der Waals surface area contributed by atoms with Crippen LogP contribution in [-0.2, 0) is 0 Å². The van der Waals surface area contributed by atoms with Crippen LogP contribution in [0.5, 0.6) is 0 Å². The van der Waals surface area contributed by atoms with E-state index in [1.54, 1.807) is 0 Å². The molecule has 0 radical (unpaired) electrons. The van der Waals surface area contributed by atoms with Crippen molar-refractivity contribution < 1.29 is 0 Å². The Kier molecular flexibility index (Phi) is 5.50. The number of hydrogen-bond donors (Lipinski definition) is 1. The SMILES string of the molecule is CCC1CCNC(CN(CCC(C)C)C2CC2)C1. The molecule has 2 unspecified atom stereocenters. The van der Waals surface area contributed by atoms with Gasteiger partial charge in [-0.2, -0.15) is 0 Å². The molecule has 2 nitrogen and oxygen atoms in total. The highest BCUT2D eigenvalue weighted by Crippen LogP contribution is 2.29. The molecule has 2 fully saturated rings. The van der Waals surface area contributed by atoms with Gasteiger partial charge in [0.2, 0.25) is 0 Å². The van der Waals surface area contributed by atoms with Crippen LogP contribution >= 0.6 is 0 Å². The predicted octanol–water partition coefficient (Wildman–Crippen LogP) is 3.28. The fourth-order valence-corrected chi connectivity index (χ4v) is 3.17. The Bertz CT molecular complexity index is 235. The maximum absolute atomic E-state index is 3.74. The molecule has 0 aromatic rings. The first-order valence-corrected chi connectivity index (χ1v) is 8.16. The van der Waals surface area contributed by atoms with Gasteiger partial charge in [-0.25, -0.2) is 0 Å². The molecule has 2 heteroatoms. The molecule has 1 saturated heterocycles. The van der Waals surface area contributed by atoms with Crippen LogP contribution in [0.25, 0.3) is 0 Å². The third kappa shape index (κ3) is 4.55. The van der Waals surface area contributed by atoms with Crippen molar-refractivity contribution >= 4 is 0 Å². The molecule has 1 heterocycles. The lowest BCUT2D eigenvalue weighted by Gasteiger charge is -2.34. The zero-order chi connectivity index (χ0) is 13.0. The first-order chi connectivity index (χ1) is 8.69. The quantitative estimate of drug-likeness (QED) is 0.748. The molecule has 1 N–H and O–H groups in total. The largest absolute Gasteiger partial charge is 0.313 e. The van der Waals surface area contributed by atoms with E-state index < -0.39 is 0 Å². The summed E-state index contributed by atoms with van der Waals surface area (Å²) >= 11 is 0. The van der Waals surface area contributed by atoms with Gasteiger partial charge in [-0.05, 0) is 57.0 Å².